The summed E-state index contributed by atoms with van der Waals surface area (Å²) in [5.41, 5.74) is 2.27. The van der Waals surface area contributed by atoms with E-state index in [4.69, 9.17) is 4.74 Å². The lowest BCUT2D eigenvalue weighted by molar-refractivity contribution is -0.135. The quantitative estimate of drug-likeness (QED) is 0.278. The van der Waals surface area contributed by atoms with Crippen LogP contribution in [0.25, 0.3) is 0 Å². The first-order valence-electron chi connectivity index (χ1n) is 11.8. The maximum absolute atomic E-state index is 14.2. The number of methoxy groups -OCH3 is 1. The van der Waals surface area contributed by atoms with Gasteiger partial charge in [0.25, 0.3) is 5.92 Å². The van der Waals surface area contributed by atoms with Crippen molar-refractivity contribution in [3.63, 3.8) is 0 Å². The van der Waals surface area contributed by atoms with Crippen LogP contribution in [0.5, 0.6) is 0 Å². The lowest BCUT2D eigenvalue weighted by atomic mass is 9.85. The minimum absolute atomic E-state index is 0.0181. The Kier molecular flexibility index (Phi) is 10.6. The maximum atomic E-state index is 14.2. The standard InChI is InChI=1S/C23H39F5N4O/c1-17(33-4)9-10-18(8-6-5-7-11-23(26,27)28)21-19(15-31(3)13-12-29-2)30-32-16-22(24,25)14-20(21)32/h17-18,29H,5-16H2,1-4H3. The number of alkyl halides is 5. The molecule has 192 valence electrons. The molecule has 5 nitrogen and oxygen atoms in total. The predicted molar refractivity (Wildman–Crippen MR) is 119 cm³/mol. The van der Waals surface area contributed by atoms with Crippen LogP contribution in [0.3, 0.4) is 0 Å². The summed E-state index contributed by atoms with van der Waals surface area (Å²) in [5, 5.41) is 7.67. The van der Waals surface area contributed by atoms with Gasteiger partial charge in [-0.2, -0.15) is 18.3 Å². The van der Waals surface area contributed by atoms with Crippen LogP contribution in [0.15, 0.2) is 0 Å². The molecule has 0 bridgehead atoms. The number of fused-ring (bicyclic) bond motifs is 1. The fourth-order valence-corrected chi connectivity index (χ4v) is 4.51. The van der Waals surface area contributed by atoms with E-state index in [2.05, 4.69) is 15.3 Å². The zero-order valence-electron chi connectivity index (χ0n) is 20.3. The zero-order chi connectivity index (χ0) is 24.6. The molecule has 1 aliphatic heterocycles. The Morgan fingerprint density at radius 1 is 1.18 bits per heavy atom. The van der Waals surface area contributed by atoms with E-state index >= 15 is 0 Å². The third-order valence-electron chi connectivity index (χ3n) is 6.39. The molecule has 0 aliphatic carbocycles. The second-order valence-corrected chi connectivity index (χ2v) is 9.37. The molecule has 1 aromatic rings. The number of aromatic nitrogens is 2. The molecule has 0 amide bonds. The summed E-state index contributed by atoms with van der Waals surface area (Å²) >= 11 is 0. The Morgan fingerprint density at radius 2 is 1.91 bits per heavy atom. The maximum Gasteiger partial charge on any atom is 0.389 e. The van der Waals surface area contributed by atoms with Crippen LogP contribution in [0, 0.1) is 0 Å². The number of unbranched alkanes of at least 4 members (excludes halogenated alkanes) is 2. The molecule has 33 heavy (non-hydrogen) atoms. The van der Waals surface area contributed by atoms with Crippen molar-refractivity contribution in [3.05, 3.63) is 17.0 Å². The third kappa shape index (κ3) is 9.13. The zero-order valence-corrected chi connectivity index (χ0v) is 20.3. The fourth-order valence-electron chi connectivity index (χ4n) is 4.51. The Hall–Kier alpha value is -1.26. The normalized spacial score (nSPS) is 17.5. The first-order chi connectivity index (χ1) is 15.5. The molecular formula is C23H39F5N4O. The Bertz CT molecular complexity index is 722. The van der Waals surface area contributed by atoms with Crippen molar-refractivity contribution in [3.8, 4) is 0 Å². The fraction of sp³-hybridized carbons (Fsp3) is 0.870. The lowest BCUT2D eigenvalue weighted by Gasteiger charge is -2.23. The second kappa shape index (κ2) is 12.4. The van der Waals surface area contributed by atoms with Crippen LogP contribution < -0.4 is 5.32 Å². The van der Waals surface area contributed by atoms with Gasteiger partial charge in [0.15, 0.2) is 0 Å². The molecule has 0 spiro atoms. The van der Waals surface area contributed by atoms with Gasteiger partial charge in [0.2, 0.25) is 0 Å². The number of nitrogens with one attached hydrogen (secondary N) is 1. The van der Waals surface area contributed by atoms with Crippen LogP contribution >= 0.6 is 0 Å². The molecule has 10 heteroatoms. The van der Waals surface area contributed by atoms with Crippen molar-refractivity contribution >= 4 is 0 Å². The molecular weight excluding hydrogens is 443 g/mol. The van der Waals surface area contributed by atoms with Gasteiger partial charge in [0, 0.05) is 44.4 Å². The summed E-state index contributed by atoms with van der Waals surface area (Å²) in [7, 11) is 5.48. The van der Waals surface area contributed by atoms with E-state index in [0.717, 1.165) is 37.2 Å². The summed E-state index contributed by atoms with van der Waals surface area (Å²) < 4.78 is 72.7. The largest absolute Gasteiger partial charge is 0.389 e. The van der Waals surface area contributed by atoms with E-state index in [1.807, 2.05) is 21.0 Å². The van der Waals surface area contributed by atoms with Crippen LogP contribution in [0.1, 0.15) is 74.7 Å². The van der Waals surface area contributed by atoms with Gasteiger partial charge in [-0.25, -0.2) is 8.78 Å². The number of ether oxygens (including phenoxy) is 1. The number of rotatable bonds is 15. The van der Waals surface area contributed by atoms with E-state index in [-0.39, 0.29) is 24.9 Å². The molecule has 1 N–H and O–H groups in total. The molecule has 2 rings (SSSR count). The minimum Gasteiger partial charge on any atom is -0.382 e. The van der Waals surface area contributed by atoms with Gasteiger partial charge in [-0.05, 0) is 52.6 Å². The van der Waals surface area contributed by atoms with Gasteiger partial charge in [-0.1, -0.05) is 12.8 Å². The van der Waals surface area contributed by atoms with Gasteiger partial charge in [0.1, 0.15) is 6.54 Å². The highest BCUT2D eigenvalue weighted by molar-refractivity contribution is 5.33. The summed E-state index contributed by atoms with van der Waals surface area (Å²) in [6.07, 6.45) is -1.92. The molecule has 0 radical (unpaired) electrons. The van der Waals surface area contributed by atoms with Gasteiger partial charge in [-0.3, -0.25) is 9.58 Å². The molecule has 1 aromatic heterocycles. The van der Waals surface area contributed by atoms with Crippen LogP contribution in [-0.4, -0.2) is 67.2 Å². The number of likely N-dealkylation sites (N-methyl/N-ethyl adjacent to an activating group) is 2. The number of hydrogen-bond acceptors (Lipinski definition) is 4. The highest BCUT2D eigenvalue weighted by Gasteiger charge is 2.42. The van der Waals surface area contributed by atoms with Gasteiger partial charge in [-0.15, -0.1) is 0 Å². The second-order valence-electron chi connectivity index (χ2n) is 9.37. The van der Waals surface area contributed by atoms with Gasteiger partial charge >= 0.3 is 6.18 Å². The van der Waals surface area contributed by atoms with Crippen LogP contribution in [0.2, 0.25) is 0 Å². The highest BCUT2D eigenvalue weighted by atomic mass is 19.4. The average molecular weight is 483 g/mol. The van der Waals surface area contributed by atoms with Gasteiger partial charge in [0.05, 0.1) is 18.2 Å². The molecule has 2 heterocycles. The topological polar surface area (TPSA) is 42.3 Å². The number of halogens is 5. The summed E-state index contributed by atoms with van der Waals surface area (Å²) in [4.78, 5) is 2.11. The van der Waals surface area contributed by atoms with E-state index in [1.54, 1.807) is 7.11 Å². The first kappa shape index (κ1) is 28.0. The first-order valence-corrected chi connectivity index (χ1v) is 11.8. The lowest BCUT2D eigenvalue weighted by Crippen LogP contribution is -2.28. The number of nitrogens with zero attached hydrogens (tertiary/aromatic N) is 3. The number of hydrogen-bond donors (Lipinski definition) is 1. The molecule has 0 fully saturated rings. The SMILES string of the molecule is CNCCN(C)Cc1nn2c(c1C(CCCCCC(F)(F)F)CCC(C)OC)CC(F)(F)C2. The molecule has 2 atom stereocenters. The molecule has 0 aromatic carbocycles. The average Bonchev–Trinajstić information content (AvgIpc) is 3.18. The van der Waals surface area contributed by atoms with E-state index in [0.29, 0.717) is 31.5 Å². The van der Waals surface area contributed by atoms with E-state index < -0.39 is 25.1 Å². The minimum atomic E-state index is -4.14. The Balaban J connectivity index is 2.22. The summed E-state index contributed by atoms with van der Waals surface area (Å²) in [5.74, 6) is -2.84. The molecule has 0 saturated heterocycles. The molecule has 1 aliphatic rings. The Labute approximate surface area is 194 Å². The molecule has 2 unspecified atom stereocenters. The molecule has 0 saturated carbocycles. The predicted octanol–water partition coefficient (Wildman–Crippen LogP) is 5.14. The van der Waals surface area contributed by atoms with Crippen molar-refractivity contribution in [2.45, 2.75) is 95.5 Å². The van der Waals surface area contributed by atoms with E-state index in [9.17, 15) is 22.0 Å². The highest BCUT2D eigenvalue weighted by Crippen LogP contribution is 2.40. The monoisotopic (exact) mass is 482 g/mol. The summed E-state index contributed by atoms with van der Waals surface area (Å²) in [6.45, 7) is 3.68. The van der Waals surface area contributed by atoms with Gasteiger partial charge < -0.3 is 10.1 Å². The smallest absolute Gasteiger partial charge is 0.382 e. The van der Waals surface area contributed by atoms with Crippen molar-refractivity contribution in [1.29, 1.82) is 0 Å². The Morgan fingerprint density at radius 3 is 2.55 bits per heavy atom. The van der Waals surface area contributed by atoms with Crippen molar-refractivity contribution in [2.75, 3.05) is 34.3 Å². The van der Waals surface area contributed by atoms with Crippen LogP contribution in [0.4, 0.5) is 22.0 Å². The van der Waals surface area contributed by atoms with Crippen molar-refractivity contribution < 1.29 is 26.7 Å². The van der Waals surface area contributed by atoms with Crippen molar-refractivity contribution in [1.82, 2.24) is 20.0 Å². The summed E-state index contributed by atoms with van der Waals surface area (Å²) in [6, 6.07) is 0. The van der Waals surface area contributed by atoms with Crippen LogP contribution in [-0.2, 0) is 24.2 Å². The van der Waals surface area contributed by atoms with E-state index in [1.165, 1.54) is 4.68 Å². The van der Waals surface area contributed by atoms with Crippen molar-refractivity contribution in [2.24, 2.45) is 0 Å². The third-order valence-corrected chi connectivity index (χ3v) is 6.39.